The van der Waals surface area contributed by atoms with E-state index in [0.717, 1.165) is 59.5 Å². The van der Waals surface area contributed by atoms with Crippen molar-refractivity contribution in [2.45, 2.75) is 74.7 Å². The molecule has 4 saturated carbocycles. The molecule has 1 aromatic heterocycles. The van der Waals surface area contributed by atoms with E-state index >= 15 is 0 Å². The summed E-state index contributed by atoms with van der Waals surface area (Å²) in [6.07, 6.45) is 9.94. The Hall–Kier alpha value is -2.06. The third kappa shape index (κ3) is 4.47. The lowest BCUT2D eigenvalue weighted by molar-refractivity contribution is -0.124. The summed E-state index contributed by atoms with van der Waals surface area (Å²) < 4.78 is 13.3. The molecule has 1 aliphatic heterocycles. The average molecular weight is 483 g/mol. The van der Waals surface area contributed by atoms with E-state index in [9.17, 15) is 4.79 Å². The largest absolute Gasteiger partial charge is 0.497 e. The van der Waals surface area contributed by atoms with Crippen LogP contribution in [0.4, 0.5) is 0 Å². The molecule has 0 spiro atoms. The maximum Gasteiger partial charge on any atom is 0.230 e. The number of methoxy groups -OCH3 is 1. The van der Waals surface area contributed by atoms with Crippen molar-refractivity contribution in [2.75, 3.05) is 19.5 Å². The van der Waals surface area contributed by atoms with Crippen molar-refractivity contribution in [3.8, 4) is 17.1 Å². The van der Waals surface area contributed by atoms with Gasteiger partial charge in [0.15, 0.2) is 11.0 Å². The second-order valence-corrected chi connectivity index (χ2v) is 11.8. The summed E-state index contributed by atoms with van der Waals surface area (Å²) in [7, 11) is 1.66. The van der Waals surface area contributed by atoms with Gasteiger partial charge in [-0.15, -0.1) is 10.2 Å². The molecule has 7 rings (SSSR count). The molecule has 1 saturated heterocycles. The molecule has 2 heterocycles. The minimum absolute atomic E-state index is 0.0476. The Balaban J connectivity index is 1.16. The zero-order valence-corrected chi connectivity index (χ0v) is 20.7. The van der Waals surface area contributed by atoms with Crippen LogP contribution in [-0.4, -0.2) is 51.8 Å². The van der Waals surface area contributed by atoms with Gasteiger partial charge in [-0.25, -0.2) is 0 Å². The number of aromatic nitrogens is 3. The predicted octanol–water partition coefficient (Wildman–Crippen LogP) is 4.31. The van der Waals surface area contributed by atoms with Crippen molar-refractivity contribution in [1.82, 2.24) is 20.1 Å². The fourth-order valence-electron chi connectivity index (χ4n) is 7.23. The highest BCUT2D eigenvalue weighted by Crippen LogP contribution is 2.55. The fourth-order valence-corrected chi connectivity index (χ4v) is 7.98. The summed E-state index contributed by atoms with van der Waals surface area (Å²) in [5.41, 5.74) is 1.03. The molecule has 0 radical (unpaired) electrons. The summed E-state index contributed by atoms with van der Waals surface area (Å²) in [4.78, 5) is 13.1. The van der Waals surface area contributed by atoms with Crippen LogP contribution in [0.15, 0.2) is 29.4 Å². The molecule has 2 aromatic rings. The molecule has 5 aliphatic rings. The molecule has 4 bridgehead atoms. The Labute approximate surface area is 205 Å². The molecule has 5 fully saturated rings. The molecule has 8 heteroatoms. The standard InChI is InChI=1S/C26H34N4O3S/c1-32-21-6-4-20(5-7-21)24-28-29-25(30(24)15-22-3-2-8-33-22)34-16-23(31)27-26-12-17-9-18(13-26)11-19(10-17)14-26/h4-7,17-19,22H,2-3,8-16H2,1H3,(H,27,31). The smallest absolute Gasteiger partial charge is 0.230 e. The van der Waals surface area contributed by atoms with Gasteiger partial charge < -0.3 is 14.8 Å². The van der Waals surface area contributed by atoms with Gasteiger partial charge in [0.05, 0.1) is 25.5 Å². The van der Waals surface area contributed by atoms with Gasteiger partial charge in [0, 0.05) is 17.7 Å². The Morgan fingerprint density at radius 3 is 2.47 bits per heavy atom. The van der Waals surface area contributed by atoms with Crippen LogP contribution >= 0.6 is 11.8 Å². The molecule has 1 aromatic carbocycles. The van der Waals surface area contributed by atoms with E-state index in [1.807, 2.05) is 24.3 Å². The van der Waals surface area contributed by atoms with E-state index in [0.29, 0.717) is 12.3 Å². The second kappa shape index (κ2) is 9.19. The van der Waals surface area contributed by atoms with Gasteiger partial charge in [-0.2, -0.15) is 0 Å². The maximum absolute atomic E-state index is 13.1. The maximum atomic E-state index is 13.1. The van der Waals surface area contributed by atoms with E-state index in [1.165, 1.54) is 50.3 Å². The molecule has 182 valence electrons. The lowest BCUT2D eigenvalue weighted by Gasteiger charge is -2.56. The summed E-state index contributed by atoms with van der Waals surface area (Å²) >= 11 is 1.49. The highest BCUT2D eigenvalue weighted by atomic mass is 32.2. The molecule has 34 heavy (non-hydrogen) atoms. The van der Waals surface area contributed by atoms with Crippen LogP contribution in [0.3, 0.4) is 0 Å². The monoisotopic (exact) mass is 482 g/mol. The number of ether oxygens (including phenoxy) is 2. The zero-order chi connectivity index (χ0) is 23.1. The van der Waals surface area contributed by atoms with Crippen LogP contribution in [0.25, 0.3) is 11.4 Å². The molecule has 4 aliphatic carbocycles. The van der Waals surface area contributed by atoms with Crippen molar-refractivity contribution < 1.29 is 14.3 Å². The first-order valence-electron chi connectivity index (χ1n) is 12.7. The van der Waals surface area contributed by atoms with Crippen LogP contribution in [-0.2, 0) is 16.1 Å². The van der Waals surface area contributed by atoms with Gasteiger partial charge in [0.25, 0.3) is 0 Å². The number of rotatable bonds is 8. The highest BCUT2D eigenvalue weighted by Gasteiger charge is 2.51. The first-order chi connectivity index (χ1) is 16.6. The highest BCUT2D eigenvalue weighted by molar-refractivity contribution is 7.99. The number of nitrogens with zero attached hydrogens (tertiary/aromatic N) is 3. The van der Waals surface area contributed by atoms with E-state index in [4.69, 9.17) is 9.47 Å². The number of hydrogen-bond acceptors (Lipinski definition) is 6. The normalized spacial score (nSPS) is 31.7. The molecule has 7 nitrogen and oxygen atoms in total. The van der Waals surface area contributed by atoms with Crippen LogP contribution in [0.5, 0.6) is 5.75 Å². The summed E-state index contributed by atoms with van der Waals surface area (Å²) in [6.45, 7) is 1.51. The zero-order valence-electron chi connectivity index (χ0n) is 19.9. The van der Waals surface area contributed by atoms with Crippen molar-refractivity contribution in [1.29, 1.82) is 0 Å². The first-order valence-corrected chi connectivity index (χ1v) is 13.7. The Morgan fingerprint density at radius 2 is 1.85 bits per heavy atom. The van der Waals surface area contributed by atoms with Gasteiger partial charge >= 0.3 is 0 Å². The van der Waals surface area contributed by atoms with Crippen molar-refractivity contribution in [2.24, 2.45) is 17.8 Å². The Morgan fingerprint density at radius 1 is 1.15 bits per heavy atom. The van der Waals surface area contributed by atoms with Crippen LogP contribution < -0.4 is 10.1 Å². The first kappa shape index (κ1) is 22.4. The second-order valence-electron chi connectivity index (χ2n) is 10.8. The number of thioether (sulfide) groups is 1. The van der Waals surface area contributed by atoms with E-state index in [2.05, 4.69) is 20.1 Å². The van der Waals surface area contributed by atoms with Gasteiger partial charge in [0.2, 0.25) is 5.91 Å². The quantitative estimate of drug-likeness (QED) is 0.565. The van der Waals surface area contributed by atoms with Crippen LogP contribution in [0.2, 0.25) is 0 Å². The lowest BCUT2D eigenvalue weighted by Crippen LogP contribution is -2.60. The predicted molar refractivity (Wildman–Crippen MR) is 131 cm³/mol. The number of benzene rings is 1. The fraction of sp³-hybridized carbons (Fsp3) is 0.654. The van der Waals surface area contributed by atoms with Crippen molar-refractivity contribution in [3.05, 3.63) is 24.3 Å². The minimum atomic E-state index is 0.0476. The van der Waals surface area contributed by atoms with Crippen molar-refractivity contribution in [3.63, 3.8) is 0 Å². The van der Waals surface area contributed by atoms with Crippen molar-refractivity contribution >= 4 is 17.7 Å². The number of nitrogens with one attached hydrogen (secondary N) is 1. The topological polar surface area (TPSA) is 78.3 Å². The third-order valence-electron chi connectivity index (χ3n) is 8.25. The van der Waals surface area contributed by atoms with Gasteiger partial charge in [-0.3, -0.25) is 9.36 Å². The summed E-state index contributed by atoms with van der Waals surface area (Å²) in [6, 6.07) is 7.88. The SMILES string of the molecule is COc1ccc(-c2nnc(SCC(=O)NC34CC5CC(CC(C5)C3)C4)n2CC2CCCO2)cc1. The Kier molecular flexibility index (Phi) is 6.06. The molecular formula is C26H34N4O3S. The van der Waals surface area contributed by atoms with E-state index < -0.39 is 0 Å². The molecule has 1 amide bonds. The molecule has 1 unspecified atom stereocenters. The van der Waals surface area contributed by atoms with Crippen LogP contribution in [0.1, 0.15) is 51.4 Å². The van der Waals surface area contributed by atoms with Crippen LogP contribution in [0, 0.1) is 17.8 Å². The molecular weight excluding hydrogens is 448 g/mol. The third-order valence-corrected chi connectivity index (χ3v) is 9.22. The number of hydrogen-bond donors (Lipinski definition) is 1. The number of amides is 1. The average Bonchev–Trinajstić information content (AvgIpc) is 3.47. The summed E-state index contributed by atoms with van der Waals surface area (Å²) in [5.74, 6) is 4.58. The van der Waals surface area contributed by atoms with Gasteiger partial charge in [-0.1, -0.05) is 11.8 Å². The molecule has 1 atom stereocenters. The summed E-state index contributed by atoms with van der Waals surface area (Å²) in [5, 5.41) is 13.3. The number of carbonyl (C=O) groups excluding carboxylic acids is 1. The van der Waals surface area contributed by atoms with E-state index in [1.54, 1.807) is 7.11 Å². The van der Waals surface area contributed by atoms with Gasteiger partial charge in [-0.05, 0) is 93.4 Å². The lowest BCUT2D eigenvalue weighted by atomic mass is 9.53. The molecule has 1 N–H and O–H groups in total. The minimum Gasteiger partial charge on any atom is -0.497 e. The van der Waals surface area contributed by atoms with E-state index in [-0.39, 0.29) is 17.6 Å². The number of carbonyl (C=O) groups is 1. The Bertz CT molecular complexity index is 996. The van der Waals surface area contributed by atoms with Gasteiger partial charge in [0.1, 0.15) is 5.75 Å².